The van der Waals surface area contributed by atoms with Crippen molar-refractivity contribution in [1.82, 2.24) is 15.2 Å². The smallest absolute Gasteiger partial charge is 0.253 e. The van der Waals surface area contributed by atoms with E-state index in [1.165, 1.54) is 30.7 Å². The number of hydrogen-bond donors (Lipinski definition) is 2. The highest BCUT2D eigenvalue weighted by atomic mass is 32.1. The molecule has 0 bridgehead atoms. The molecule has 32 heavy (non-hydrogen) atoms. The van der Waals surface area contributed by atoms with Crippen molar-refractivity contribution in [3.8, 4) is 0 Å². The second kappa shape index (κ2) is 10.7. The number of nitrogens with one attached hydrogen (secondary N) is 2. The summed E-state index contributed by atoms with van der Waals surface area (Å²) in [7, 11) is 2.23. The fourth-order valence-corrected chi connectivity index (χ4v) is 6.13. The van der Waals surface area contributed by atoms with E-state index in [2.05, 4.69) is 41.0 Å². The van der Waals surface area contributed by atoms with Crippen LogP contribution in [0.15, 0.2) is 16.2 Å². The Morgan fingerprint density at radius 2 is 1.78 bits per heavy atom. The Kier molecular flexibility index (Phi) is 8.17. The van der Waals surface area contributed by atoms with Crippen molar-refractivity contribution in [2.45, 2.75) is 78.9 Å². The van der Waals surface area contributed by atoms with E-state index in [1.54, 1.807) is 11.3 Å². The largest absolute Gasteiger partial charge is 0.361 e. The highest BCUT2D eigenvalue weighted by Gasteiger charge is 2.29. The molecule has 176 valence electrons. The van der Waals surface area contributed by atoms with Crippen LogP contribution in [0.25, 0.3) is 0 Å². The first kappa shape index (κ1) is 24.5. The highest BCUT2D eigenvalue weighted by Crippen LogP contribution is 2.36. The number of aryl methyl sites for hydroxylation is 2. The number of H-pyrrole nitrogens is 1. The predicted octanol–water partition coefficient (Wildman–Crippen LogP) is 4.38. The molecule has 0 radical (unpaired) electrons. The summed E-state index contributed by atoms with van der Waals surface area (Å²) in [4.78, 5) is 33.0. The number of carbonyl (C=O) groups is 1. The van der Waals surface area contributed by atoms with Gasteiger partial charge in [0.05, 0.1) is 10.6 Å². The lowest BCUT2D eigenvalue weighted by Gasteiger charge is -2.40. The van der Waals surface area contributed by atoms with Gasteiger partial charge < -0.3 is 20.1 Å². The van der Waals surface area contributed by atoms with E-state index in [0.29, 0.717) is 23.2 Å². The van der Waals surface area contributed by atoms with Crippen molar-refractivity contribution in [3.05, 3.63) is 49.7 Å². The van der Waals surface area contributed by atoms with Crippen molar-refractivity contribution in [3.63, 3.8) is 0 Å². The zero-order valence-corrected chi connectivity index (χ0v) is 21.2. The van der Waals surface area contributed by atoms with Gasteiger partial charge in [-0.05, 0) is 84.2 Å². The van der Waals surface area contributed by atoms with Crippen molar-refractivity contribution in [2.24, 2.45) is 0 Å². The maximum absolute atomic E-state index is 12.9. The zero-order valence-electron chi connectivity index (χ0n) is 20.4. The van der Waals surface area contributed by atoms with Gasteiger partial charge in [-0.2, -0.15) is 0 Å². The van der Waals surface area contributed by atoms with Crippen LogP contribution in [0.3, 0.4) is 0 Å². The van der Waals surface area contributed by atoms with Gasteiger partial charge in [0.2, 0.25) is 0 Å². The Labute approximate surface area is 196 Å². The third kappa shape index (κ3) is 5.26. The Morgan fingerprint density at radius 3 is 2.38 bits per heavy atom. The molecule has 1 aliphatic rings. The van der Waals surface area contributed by atoms with Crippen LogP contribution in [-0.4, -0.2) is 48.0 Å². The van der Waals surface area contributed by atoms with Crippen LogP contribution in [-0.2, 0) is 6.54 Å². The Hall–Kier alpha value is -2.12. The lowest BCUT2D eigenvalue weighted by Crippen LogP contribution is -2.43. The molecule has 0 aromatic carbocycles. The van der Waals surface area contributed by atoms with Crippen LogP contribution in [0.2, 0.25) is 0 Å². The van der Waals surface area contributed by atoms with Crippen LogP contribution < -0.4 is 15.8 Å². The van der Waals surface area contributed by atoms with Gasteiger partial charge in [0, 0.05) is 41.8 Å². The van der Waals surface area contributed by atoms with E-state index in [9.17, 15) is 9.59 Å². The van der Waals surface area contributed by atoms with Crippen LogP contribution in [0.5, 0.6) is 0 Å². The number of aromatic nitrogens is 1. The first-order valence-corrected chi connectivity index (χ1v) is 12.7. The van der Waals surface area contributed by atoms with Gasteiger partial charge in [0.15, 0.2) is 0 Å². The number of rotatable bonds is 8. The molecule has 1 fully saturated rings. The third-order valence-electron chi connectivity index (χ3n) is 7.01. The molecule has 3 rings (SSSR count). The van der Waals surface area contributed by atoms with Crippen molar-refractivity contribution in [1.29, 1.82) is 0 Å². The van der Waals surface area contributed by atoms with E-state index in [0.717, 1.165) is 29.9 Å². The molecule has 0 atom stereocenters. The summed E-state index contributed by atoms with van der Waals surface area (Å²) in [6.07, 6.45) is 4.84. The van der Waals surface area contributed by atoms with Crippen LogP contribution >= 0.6 is 11.3 Å². The minimum atomic E-state index is -0.132. The van der Waals surface area contributed by atoms with Gasteiger partial charge in [-0.15, -0.1) is 11.3 Å². The molecule has 2 heterocycles. The molecule has 1 saturated carbocycles. The topological polar surface area (TPSA) is 68.4 Å². The highest BCUT2D eigenvalue weighted by molar-refractivity contribution is 7.14. The third-order valence-corrected chi connectivity index (χ3v) is 8.13. The molecule has 7 heteroatoms. The number of pyridine rings is 1. The molecule has 2 aromatic heterocycles. The summed E-state index contributed by atoms with van der Waals surface area (Å²) < 4.78 is 0. The van der Waals surface area contributed by atoms with Gasteiger partial charge in [-0.1, -0.05) is 6.92 Å². The number of carbonyl (C=O) groups excluding carboxylic acids is 1. The maximum atomic E-state index is 12.9. The number of anilines is 1. The molecule has 2 N–H and O–H groups in total. The molecule has 2 aromatic rings. The minimum absolute atomic E-state index is 0.117. The summed E-state index contributed by atoms with van der Waals surface area (Å²) in [5, 5.41) is 6.12. The molecular formula is C25H38N4O2S. The van der Waals surface area contributed by atoms with E-state index < -0.39 is 0 Å². The Bertz CT molecular complexity index is 988. The molecule has 1 aliphatic carbocycles. The SMILES string of the molecule is CCN(C)[C@H]1CC[C@H](N(CC)c2scc(C(=O)NCc3c(C)cc(C)[nH]c3=O)c2C)CC1. The van der Waals surface area contributed by atoms with Crippen molar-refractivity contribution >= 4 is 22.2 Å². The first-order chi connectivity index (χ1) is 15.3. The van der Waals surface area contributed by atoms with Gasteiger partial charge in [0.25, 0.3) is 11.5 Å². The van der Waals surface area contributed by atoms with Crippen molar-refractivity contribution in [2.75, 3.05) is 25.0 Å². The summed E-state index contributed by atoms with van der Waals surface area (Å²) >= 11 is 1.66. The second-order valence-corrected chi connectivity index (χ2v) is 9.88. The Morgan fingerprint density at radius 1 is 1.12 bits per heavy atom. The monoisotopic (exact) mass is 458 g/mol. The summed E-state index contributed by atoms with van der Waals surface area (Å²) in [5.74, 6) is -0.117. The fourth-order valence-electron chi connectivity index (χ4n) is 4.92. The average molecular weight is 459 g/mol. The second-order valence-electron chi connectivity index (χ2n) is 9.03. The molecule has 0 spiro atoms. The molecule has 0 unspecified atom stereocenters. The van der Waals surface area contributed by atoms with Gasteiger partial charge in [-0.25, -0.2) is 0 Å². The zero-order chi connectivity index (χ0) is 23.4. The number of amides is 1. The van der Waals surface area contributed by atoms with Crippen molar-refractivity contribution < 1.29 is 4.79 Å². The number of aromatic amines is 1. The van der Waals surface area contributed by atoms with Gasteiger partial charge in [-0.3, -0.25) is 9.59 Å². The maximum Gasteiger partial charge on any atom is 0.253 e. The number of nitrogens with zero attached hydrogens (tertiary/aromatic N) is 2. The predicted molar refractivity (Wildman–Crippen MR) is 134 cm³/mol. The fraction of sp³-hybridized carbons (Fsp3) is 0.600. The van der Waals surface area contributed by atoms with E-state index >= 15 is 0 Å². The van der Waals surface area contributed by atoms with Crippen LogP contribution in [0, 0.1) is 20.8 Å². The molecule has 0 saturated heterocycles. The quantitative estimate of drug-likeness (QED) is 0.616. The summed E-state index contributed by atoms with van der Waals surface area (Å²) in [6, 6.07) is 3.15. The van der Waals surface area contributed by atoms with Gasteiger partial charge in [0.1, 0.15) is 0 Å². The van der Waals surface area contributed by atoms with E-state index in [1.807, 2.05) is 32.2 Å². The lowest BCUT2D eigenvalue weighted by molar-refractivity contribution is 0.0950. The number of thiophene rings is 1. The molecule has 6 nitrogen and oxygen atoms in total. The molecular weight excluding hydrogens is 420 g/mol. The Balaban J connectivity index is 1.68. The standard InChI is InChI=1S/C25H38N4O2S/c1-7-28(6)19-9-11-20(12-10-19)29(8-2)25-18(5)22(15-32-25)23(30)26-14-21-16(3)13-17(4)27-24(21)31/h13,15,19-20H,7-12,14H2,1-6H3,(H,26,30)(H,27,31)/t19-,20-. The van der Waals surface area contributed by atoms with Gasteiger partial charge >= 0.3 is 0 Å². The van der Waals surface area contributed by atoms with E-state index in [4.69, 9.17) is 0 Å². The summed E-state index contributed by atoms with van der Waals surface area (Å²) in [6.45, 7) is 12.5. The first-order valence-electron chi connectivity index (χ1n) is 11.8. The number of hydrogen-bond acceptors (Lipinski definition) is 5. The van der Waals surface area contributed by atoms with E-state index in [-0.39, 0.29) is 18.0 Å². The lowest BCUT2D eigenvalue weighted by atomic mass is 9.89. The van der Waals surface area contributed by atoms with Crippen LogP contribution in [0.1, 0.15) is 72.3 Å². The molecule has 1 amide bonds. The van der Waals surface area contributed by atoms with Crippen LogP contribution in [0.4, 0.5) is 5.00 Å². The molecule has 0 aliphatic heterocycles. The normalized spacial score (nSPS) is 18.7. The summed E-state index contributed by atoms with van der Waals surface area (Å²) in [5.41, 5.74) is 3.96. The minimum Gasteiger partial charge on any atom is -0.361 e. The average Bonchev–Trinajstić information content (AvgIpc) is 3.14.